The van der Waals surface area contributed by atoms with Gasteiger partial charge in [-0.05, 0) is 63.6 Å². The van der Waals surface area contributed by atoms with Crippen LogP contribution in [0.4, 0.5) is 10.1 Å². The summed E-state index contributed by atoms with van der Waals surface area (Å²) in [4.78, 5) is 17.1. The number of hydrogen-bond donors (Lipinski definition) is 1. The van der Waals surface area contributed by atoms with Crippen molar-refractivity contribution in [1.82, 2.24) is 25.2 Å². The monoisotopic (exact) mass is 470 g/mol. The van der Waals surface area contributed by atoms with Crippen LogP contribution in [0.5, 0.6) is 0 Å². The van der Waals surface area contributed by atoms with Crippen LogP contribution in [0.3, 0.4) is 0 Å². The molecule has 1 amide bonds. The molecule has 2 aliphatic heterocycles. The van der Waals surface area contributed by atoms with Gasteiger partial charge in [-0.1, -0.05) is 22.9 Å². The first-order chi connectivity index (χ1) is 15.9. The molecule has 2 unspecified atom stereocenters. The Morgan fingerprint density at radius 1 is 1.24 bits per heavy atom. The number of piperazine rings is 1. The Balaban J connectivity index is 1.38. The zero-order valence-corrected chi connectivity index (χ0v) is 19.6. The van der Waals surface area contributed by atoms with Gasteiger partial charge in [-0.2, -0.15) is 0 Å². The fraction of sp³-hybridized carbons (Fsp3) is 0.458. The van der Waals surface area contributed by atoms with Crippen molar-refractivity contribution in [2.75, 3.05) is 31.1 Å². The lowest BCUT2D eigenvalue weighted by Gasteiger charge is -2.42. The molecule has 1 N–H and O–H groups in total. The molecule has 2 aromatic carbocycles. The van der Waals surface area contributed by atoms with E-state index >= 15 is 0 Å². The van der Waals surface area contributed by atoms with Crippen LogP contribution in [0.15, 0.2) is 36.4 Å². The molecule has 0 saturated carbocycles. The van der Waals surface area contributed by atoms with Crippen LogP contribution in [0.1, 0.15) is 38.3 Å². The first-order valence-electron chi connectivity index (χ1n) is 11.5. The fourth-order valence-corrected chi connectivity index (χ4v) is 5.18. The summed E-state index contributed by atoms with van der Waals surface area (Å²) in [6, 6.07) is 10.6. The van der Waals surface area contributed by atoms with Crippen molar-refractivity contribution >= 4 is 34.2 Å². The smallest absolute Gasteiger partial charge is 0.239 e. The van der Waals surface area contributed by atoms with Gasteiger partial charge in [0.1, 0.15) is 11.3 Å². The number of anilines is 1. The highest BCUT2D eigenvalue weighted by molar-refractivity contribution is 6.30. The minimum absolute atomic E-state index is 0.0322. The van der Waals surface area contributed by atoms with E-state index in [1.165, 1.54) is 6.07 Å². The Kier molecular flexibility index (Phi) is 5.97. The van der Waals surface area contributed by atoms with E-state index < -0.39 is 0 Å². The summed E-state index contributed by atoms with van der Waals surface area (Å²) < 4.78 is 16.3. The van der Waals surface area contributed by atoms with E-state index in [0.29, 0.717) is 23.7 Å². The SMILES string of the molecule is CC(c1ccc(Cl)cc1F)n1nnc2ccc(N3CCN(C(=O)C4CCCN4)C[C@@H]3C)cc21. The van der Waals surface area contributed by atoms with Gasteiger partial charge in [0.25, 0.3) is 0 Å². The molecular weight excluding hydrogens is 443 g/mol. The summed E-state index contributed by atoms with van der Waals surface area (Å²) in [6.45, 7) is 7.12. The van der Waals surface area contributed by atoms with Crippen molar-refractivity contribution in [3.63, 3.8) is 0 Å². The molecule has 3 heterocycles. The van der Waals surface area contributed by atoms with E-state index in [-0.39, 0.29) is 29.8 Å². The quantitative estimate of drug-likeness (QED) is 0.630. The second-order valence-electron chi connectivity index (χ2n) is 9.02. The molecule has 0 radical (unpaired) electrons. The lowest BCUT2D eigenvalue weighted by atomic mass is 10.1. The number of hydrogen-bond acceptors (Lipinski definition) is 5. The number of nitrogens with one attached hydrogen (secondary N) is 1. The van der Waals surface area contributed by atoms with E-state index in [9.17, 15) is 9.18 Å². The maximum Gasteiger partial charge on any atom is 0.239 e. The van der Waals surface area contributed by atoms with Gasteiger partial charge < -0.3 is 15.1 Å². The number of carbonyl (C=O) groups excluding carboxylic acids is 1. The van der Waals surface area contributed by atoms with Crippen molar-refractivity contribution in [1.29, 1.82) is 0 Å². The normalized spacial score (nSPS) is 22.2. The predicted octanol–water partition coefficient (Wildman–Crippen LogP) is 3.62. The summed E-state index contributed by atoms with van der Waals surface area (Å²) in [5, 5.41) is 12.3. The predicted molar refractivity (Wildman–Crippen MR) is 127 cm³/mol. The lowest BCUT2D eigenvalue weighted by molar-refractivity contribution is -0.133. The molecule has 174 valence electrons. The number of amides is 1. The molecule has 2 aliphatic rings. The zero-order valence-electron chi connectivity index (χ0n) is 18.8. The summed E-state index contributed by atoms with van der Waals surface area (Å²) >= 11 is 5.92. The summed E-state index contributed by atoms with van der Waals surface area (Å²) in [5.74, 6) is -0.142. The van der Waals surface area contributed by atoms with Gasteiger partial charge in [-0.15, -0.1) is 5.10 Å². The molecule has 5 rings (SSSR count). The number of rotatable bonds is 4. The van der Waals surface area contributed by atoms with Crippen molar-refractivity contribution < 1.29 is 9.18 Å². The van der Waals surface area contributed by atoms with E-state index in [0.717, 1.165) is 42.7 Å². The van der Waals surface area contributed by atoms with Gasteiger partial charge >= 0.3 is 0 Å². The number of benzene rings is 2. The topological polar surface area (TPSA) is 66.3 Å². The van der Waals surface area contributed by atoms with Gasteiger partial charge in [0.15, 0.2) is 0 Å². The largest absolute Gasteiger partial charge is 0.365 e. The molecule has 3 atom stereocenters. The van der Waals surface area contributed by atoms with Crippen molar-refractivity contribution in [3.8, 4) is 0 Å². The van der Waals surface area contributed by atoms with Crippen molar-refractivity contribution in [3.05, 3.63) is 52.8 Å². The van der Waals surface area contributed by atoms with Crippen LogP contribution < -0.4 is 10.2 Å². The molecule has 7 nitrogen and oxygen atoms in total. The average molecular weight is 471 g/mol. The standard InChI is InChI=1S/C24H28ClFN6O/c1-15-14-30(24(33)22-4-3-9-27-22)10-11-31(15)18-6-8-21-23(13-18)32(29-28-21)16(2)19-7-5-17(25)12-20(19)26/h5-8,12-13,15-16,22,27H,3-4,9-11,14H2,1-2H3/t15-,16?,22?/m0/s1. The second-order valence-corrected chi connectivity index (χ2v) is 9.46. The maximum absolute atomic E-state index is 14.5. The third-order valence-electron chi connectivity index (χ3n) is 6.86. The van der Waals surface area contributed by atoms with Crippen LogP contribution in [-0.2, 0) is 4.79 Å². The Bertz CT molecular complexity index is 1180. The van der Waals surface area contributed by atoms with E-state index in [1.54, 1.807) is 16.8 Å². The molecule has 0 bridgehead atoms. The summed E-state index contributed by atoms with van der Waals surface area (Å²) in [5.41, 5.74) is 3.16. The van der Waals surface area contributed by atoms with Gasteiger partial charge in [-0.25, -0.2) is 9.07 Å². The number of nitrogens with zero attached hydrogens (tertiary/aromatic N) is 5. The molecule has 9 heteroatoms. The first-order valence-corrected chi connectivity index (χ1v) is 11.9. The molecule has 2 saturated heterocycles. The maximum atomic E-state index is 14.5. The third-order valence-corrected chi connectivity index (χ3v) is 7.10. The number of fused-ring (bicyclic) bond motifs is 1. The number of carbonyl (C=O) groups is 1. The zero-order chi connectivity index (χ0) is 23.1. The number of halogens is 2. The van der Waals surface area contributed by atoms with Crippen molar-refractivity contribution in [2.24, 2.45) is 0 Å². The number of aromatic nitrogens is 3. The van der Waals surface area contributed by atoms with Gasteiger partial charge in [0, 0.05) is 41.9 Å². The van der Waals surface area contributed by atoms with Crippen LogP contribution in [0.25, 0.3) is 11.0 Å². The van der Waals surface area contributed by atoms with Gasteiger partial charge in [0.2, 0.25) is 5.91 Å². The van der Waals surface area contributed by atoms with Crippen LogP contribution in [0, 0.1) is 5.82 Å². The van der Waals surface area contributed by atoms with Crippen LogP contribution >= 0.6 is 11.6 Å². The van der Waals surface area contributed by atoms with Crippen LogP contribution in [-0.4, -0.2) is 64.1 Å². The van der Waals surface area contributed by atoms with Gasteiger partial charge in [0.05, 0.1) is 17.6 Å². The molecule has 33 heavy (non-hydrogen) atoms. The minimum Gasteiger partial charge on any atom is -0.365 e. The highest BCUT2D eigenvalue weighted by atomic mass is 35.5. The third kappa shape index (κ3) is 4.17. The fourth-order valence-electron chi connectivity index (χ4n) is 5.02. The summed E-state index contributed by atoms with van der Waals surface area (Å²) in [7, 11) is 0. The van der Waals surface area contributed by atoms with E-state index in [1.807, 2.05) is 24.0 Å². The van der Waals surface area contributed by atoms with Crippen LogP contribution in [0.2, 0.25) is 5.02 Å². The first kappa shape index (κ1) is 22.1. The average Bonchev–Trinajstić information content (AvgIpc) is 3.48. The Labute approximate surface area is 197 Å². The molecule has 3 aromatic rings. The second kappa shape index (κ2) is 8.91. The molecule has 0 spiro atoms. The summed E-state index contributed by atoms with van der Waals surface area (Å²) in [6.07, 6.45) is 1.99. The van der Waals surface area contributed by atoms with Gasteiger partial charge in [-0.3, -0.25) is 4.79 Å². The molecule has 0 aliphatic carbocycles. The Morgan fingerprint density at radius 2 is 2.09 bits per heavy atom. The Hall–Kier alpha value is -2.71. The Morgan fingerprint density at radius 3 is 2.82 bits per heavy atom. The highest BCUT2D eigenvalue weighted by Gasteiger charge is 2.32. The molecule has 2 fully saturated rings. The van der Waals surface area contributed by atoms with Crippen molar-refractivity contribution in [2.45, 2.75) is 44.8 Å². The lowest BCUT2D eigenvalue weighted by Crippen LogP contribution is -2.56. The molecule has 1 aromatic heterocycles. The molecular formula is C24H28ClFN6O. The van der Waals surface area contributed by atoms with E-state index in [4.69, 9.17) is 11.6 Å². The highest BCUT2D eigenvalue weighted by Crippen LogP contribution is 2.29. The minimum atomic E-state index is -0.360. The van der Waals surface area contributed by atoms with E-state index in [2.05, 4.69) is 33.5 Å².